The van der Waals surface area contributed by atoms with Crippen molar-refractivity contribution >= 4 is 11.8 Å². The Morgan fingerprint density at radius 1 is 1.33 bits per heavy atom. The highest BCUT2D eigenvalue weighted by molar-refractivity contribution is 6.01. The lowest BCUT2D eigenvalue weighted by atomic mass is 9.95. The zero-order valence-electron chi connectivity index (χ0n) is 12.6. The third kappa shape index (κ3) is 5.16. The molecule has 2 N–H and O–H groups in total. The van der Waals surface area contributed by atoms with Gasteiger partial charge < -0.3 is 10.4 Å². The van der Waals surface area contributed by atoms with Crippen molar-refractivity contribution in [2.75, 3.05) is 6.54 Å². The molecule has 0 saturated heterocycles. The average Bonchev–Trinajstić information content (AvgIpc) is 2.49. The fourth-order valence-electron chi connectivity index (χ4n) is 2.07. The minimum absolute atomic E-state index is 0.199. The molecule has 0 aliphatic heterocycles. The molecule has 0 heterocycles. The fourth-order valence-corrected chi connectivity index (χ4v) is 2.07. The van der Waals surface area contributed by atoms with Gasteiger partial charge in [-0.1, -0.05) is 44.2 Å². The molecule has 2 unspecified atom stereocenters. The highest BCUT2D eigenvalue weighted by Gasteiger charge is 2.22. The van der Waals surface area contributed by atoms with Crippen molar-refractivity contribution in [3.05, 3.63) is 48.0 Å². The Kier molecular flexibility index (Phi) is 6.82. The van der Waals surface area contributed by atoms with Crippen LogP contribution in [-0.2, 0) is 4.79 Å². The van der Waals surface area contributed by atoms with Gasteiger partial charge in [0, 0.05) is 12.1 Å². The summed E-state index contributed by atoms with van der Waals surface area (Å²) in [7, 11) is 0. The van der Waals surface area contributed by atoms with Gasteiger partial charge in [0.2, 0.25) is 0 Å². The molecule has 0 fully saturated rings. The summed E-state index contributed by atoms with van der Waals surface area (Å²) in [4.78, 5) is 23.2. The lowest BCUT2D eigenvalue weighted by molar-refractivity contribution is -0.137. The summed E-state index contributed by atoms with van der Waals surface area (Å²) in [5, 5.41) is 11.8. The molecule has 0 bridgehead atoms. The van der Waals surface area contributed by atoms with E-state index in [1.165, 1.54) is 5.56 Å². The van der Waals surface area contributed by atoms with Crippen molar-refractivity contribution in [2.45, 2.75) is 38.6 Å². The van der Waals surface area contributed by atoms with Crippen molar-refractivity contribution in [3.63, 3.8) is 0 Å². The average molecular weight is 289 g/mol. The molecule has 114 valence electrons. The van der Waals surface area contributed by atoms with E-state index in [0.29, 0.717) is 18.0 Å². The van der Waals surface area contributed by atoms with E-state index in [4.69, 9.17) is 5.11 Å². The number of hydrogen-bond acceptors (Lipinski definition) is 3. The van der Waals surface area contributed by atoms with Gasteiger partial charge in [-0.15, -0.1) is 6.58 Å². The van der Waals surface area contributed by atoms with Gasteiger partial charge in [-0.2, -0.15) is 0 Å². The Labute approximate surface area is 125 Å². The molecule has 0 radical (unpaired) electrons. The number of ketones is 1. The number of carboxylic acids is 1. The van der Waals surface area contributed by atoms with Gasteiger partial charge in [0.25, 0.3) is 0 Å². The molecule has 1 aromatic rings. The molecule has 1 aromatic carbocycles. The van der Waals surface area contributed by atoms with Crippen molar-refractivity contribution in [2.24, 2.45) is 0 Å². The number of nitrogens with one attached hydrogen (secondary N) is 1. The summed E-state index contributed by atoms with van der Waals surface area (Å²) >= 11 is 0. The largest absolute Gasteiger partial charge is 0.481 e. The Morgan fingerprint density at radius 2 is 1.95 bits per heavy atom. The SMILES string of the molecule is C=CCNC(CC(=O)O)C(=O)c1ccc(C(C)CC)cc1. The first-order chi connectivity index (χ1) is 9.99. The number of benzene rings is 1. The highest BCUT2D eigenvalue weighted by atomic mass is 16.4. The van der Waals surface area contributed by atoms with E-state index in [1.54, 1.807) is 18.2 Å². The second-order valence-corrected chi connectivity index (χ2v) is 5.14. The van der Waals surface area contributed by atoms with Crippen LogP contribution in [0, 0.1) is 0 Å². The molecule has 0 spiro atoms. The van der Waals surface area contributed by atoms with Crippen LogP contribution < -0.4 is 5.32 Å². The van der Waals surface area contributed by atoms with E-state index < -0.39 is 12.0 Å². The van der Waals surface area contributed by atoms with Crippen LogP contribution in [0.4, 0.5) is 0 Å². The summed E-state index contributed by atoms with van der Waals surface area (Å²) in [6, 6.07) is 6.69. The van der Waals surface area contributed by atoms with E-state index in [0.717, 1.165) is 6.42 Å². The van der Waals surface area contributed by atoms with E-state index in [9.17, 15) is 9.59 Å². The maximum Gasteiger partial charge on any atom is 0.305 e. The van der Waals surface area contributed by atoms with E-state index in [2.05, 4.69) is 25.7 Å². The number of carboxylic acid groups (broad SMARTS) is 1. The standard InChI is InChI=1S/C17H23NO3/c1-4-10-18-15(11-16(19)20)17(21)14-8-6-13(7-9-14)12(3)5-2/h4,6-9,12,15,18H,1,5,10-11H2,2-3H3,(H,19,20). The predicted molar refractivity (Wildman–Crippen MR) is 83.7 cm³/mol. The smallest absolute Gasteiger partial charge is 0.305 e. The van der Waals surface area contributed by atoms with Gasteiger partial charge in [-0.25, -0.2) is 0 Å². The maximum absolute atomic E-state index is 12.4. The summed E-state index contributed by atoms with van der Waals surface area (Å²) in [6.07, 6.45) is 2.41. The normalized spacial score (nSPS) is 13.4. The molecule has 4 nitrogen and oxygen atoms in total. The predicted octanol–water partition coefficient (Wildman–Crippen LogP) is 3.00. The minimum atomic E-state index is -0.999. The van der Waals surface area contributed by atoms with E-state index in [1.807, 2.05) is 12.1 Å². The van der Waals surface area contributed by atoms with Gasteiger partial charge >= 0.3 is 5.97 Å². The van der Waals surface area contributed by atoms with Crippen LogP contribution >= 0.6 is 0 Å². The Hall–Kier alpha value is -1.94. The Balaban J connectivity index is 2.86. The molecular weight excluding hydrogens is 266 g/mol. The number of hydrogen-bond donors (Lipinski definition) is 2. The number of rotatable bonds is 9. The third-order valence-electron chi connectivity index (χ3n) is 3.58. The molecule has 1 rings (SSSR count). The molecule has 2 atom stereocenters. The quantitative estimate of drug-likeness (QED) is 0.542. The molecule has 21 heavy (non-hydrogen) atoms. The number of carbonyl (C=O) groups is 2. The minimum Gasteiger partial charge on any atom is -0.481 e. The topological polar surface area (TPSA) is 66.4 Å². The van der Waals surface area contributed by atoms with Crippen molar-refractivity contribution in [1.82, 2.24) is 5.32 Å². The van der Waals surface area contributed by atoms with Crippen LogP contribution in [0.15, 0.2) is 36.9 Å². The van der Waals surface area contributed by atoms with Gasteiger partial charge in [-0.3, -0.25) is 9.59 Å². The van der Waals surface area contributed by atoms with Gasteiger partial charge in [0.05, 0.1) is 12.5 Å². The van der Waals surface area contributed by atoms with Crippen LogP contribution in [0.1, 0.15) is 48.5 Å². The Morgan fingerprint density at radius 3 is 2.43 bits per heavy atom. The van der Waals surface area contributed by atoms with Crippen molar-refractivity contribution in [3.8, 4) is 0 Å². The van der Waals surface area contributed by atoms with Gasteiger partial charge in [0.15, 0.2) is 5.78 Å². The summed E-state index contributed by atoms with van der Waals surface area (Å²) in [5.74, 6) is -0.751. The second-order valence-electron chi connectivity index (χ2n) is 5.14. The summed E-state index contributed by atoms with van der Waals surface area (Å²) < 4.78 is 0. The van der Waals surface area contributed by atoms with Crippen LogP contribution in [0.25, 0.3) is 0 Å². The first-order valence-corrected chi connectivity index (χ1v) is 7.19. The lowest BCUT2D eigenvalue weighted by Crippen LogP contribution is -2.38. The monoisotopic (exact) mass is 289 g/mol. The highest BCUT2D eigenvalue weighted by Crippen LogP contribution is 2.19. The van der Waals surface area contributed by atoms with Gasteiger partial charge in [0.1, 0.15) is 0 Å². The lowest BCUT2D eigenvalue weighted by Gasteiger charge is -2.15. The summed E-state index contributed by atoms with van der Waals surface area (Å²) in [5.41, 5.74) is 1.72. The molecule has 0 aliphatic rings. The number of Topliss-reactive ketones (excluding diaryl/α,β-unsaturated/α-hetero) is 1. The van der Waals surface area contributed by atoms with Crippen LogP contribution in [-0.4, -0.2) is 29.4 Å². The van der Waals surface area contributed by atoms with Crippen LogP contribution in [0.3, 0.4) is 0 Å². The zero-order valence-corrected chi connectivity index (χ0v) is 12.6. The maximum atomic E-state index is 12.4. The first kappa shape index (κ1) is 17.1. The Bertz CT molecular complexity index is 493. The van der Waals surface area contributed by atoms with E-state index >= 15 is 0 Å². The fraction of sp³-hybridized carbons (Fsp3) is 0.412. The molecule has 0 aromatic heterocycles. The number of carbonyl (C=O) groups excluding carboxylic acids is 1. The summed E-state index contributed by atoms with van der Waals surface area (Å²) in [6.45, 7) is 8.21. The van der Waals surface area contributed by atoms with E-state index in [-0.39, 0.29) is 12.2 Å². The molecule has 4 heteroatoms. The molecule has 0 saturated carbocycles. The van der Waals surface area contributed by atoms with Gasteiger partial charge in [-0.05, 0) is 17.9 Å². The molecule has 0 amide bonds. The van der Waals surface area contributed by atoms with Crippen LogP contribution in [0.2, 0.25) is 0 Å². The number of aliphatic carboxylic acids is 1. The van der Waals surface area contributed by atoms with Crippen molar-refractivity contribution in [1.29, 1.82) is 0 Å². The zero-order chi connectivity index (χ0) is 15.8. The second kappa shape index (κ2) is 8.37. The van der Waals surface area contributed by atoms with Crippen molar-refractivity contribution < 1.29 is 14.7 Å². The first-order valence-electron chi connectivity index (χ1n) is 7.19. The molecular formula is C17H23NO3. The third-order valence-corrected chi connectivity index (χ3v) is 3.58. The van der Waals surface area contributed by atoms with Crippen LogP contribution in [0.5, 0.6) is 0 Å². The molecule has 0 aliphatic carbocycles.